The van der Waals surface area contributed by atoms with E-state index in [1.807, 2.05) is 43.3 Å². The van der Waals surface area contributed by atoms with E-state index in [9.17, 15) is 4.79 Å². The lowest BCUT2D eigenvalue weighted by Gasteiger charge is -2.32. The Labute approximate surface area is 165 Å². The van der Waals surface area contributed by atoms with Gasteiger partial charge >= 0.3 is 0 Å². The summed E-state index contributed by atoms with van der Waals surface area (Å²) < 4.78 is 2.14. The third kappa shape index (κ3) is 2.90. The Kier molecular flexibility index (Phi) is 4.20. The lowest BCUT2D eigenvalue weighted by Crippen LogP contribution is -2.41. The van der Waals surface area contributed by atoms with Gasteiger partial charge in [0.25, 0.3) is 5.91 Å². The molecular weight excluding hydrogens is 348 g/mol. The molecule has 3 saturated heterocycles. The van der Waals surface area contributed by atoms with E-state index in [0.717, 1.165) is 47.7 Å². The summed E-state index contributed by atoms with van der Waals surface area (Å²) in [6.45, 7) is 4.82. The maximum absolute atomic E-state index is 13.3. The molecule has 0 saturated carbocycles. The highest BCUT2D eigenvalue weighted by Gasteiger charge is 2.35. The molecule has 0 aliphatic carbocycles. The summed E-state index contributed by atoms with van der Waals surface area (Å²) in [7, 11) is 2.19. The van der Waals surface area contributed by atoms with Gasteiger partial charge in [0.15, 0.2) is 0 Å². The van der Waals surface area contributed by atoms with Crippen molar-refractivity contribution in [3.05, 3.63) is 59.9 Å². The van der Waals surface area contributed by atoms with E-state index in [2.05, 4.69) is 33.5 Å². The molecule has 144 valence electrons. The van der Waals surface area contributed by atoms with Crippen molar-refractivity contribution in [2.75, 3.05) is 26.7 Å². The van der Waals surface area contributed by atoms with Crippen molar-refractivity contribution in [3.63, 3.8) is 0 Å². The highest BCUT2D eigenvalue weighted by atomic mass is 16.2. The molecule has 2 aromatic carbocycles. The third-order valence-corrected chi connectivity index (χ3v) is 6.36. The predicted octanol–water partition coefficient (Wildman–Crippen LogP) is 3.50. The minimum absolute atomic E-state index is 0.140. The maximum Gasteiger partial charge on any atom is 0.253 e. The Balaban J connectivity index is 1.48. The first-order valence-electron chi connectivity index (χ1n) is 10.1. The van der Waals surface area contributed by atoms with Crippen molar-refractivity contribution in [3.8, 4) is 5.69 Å². The molecule has 0 unspecified atom stereocenters. The first-order valence-corrected chi connectivity index (χ1v) is 10.1. The minimum Gasteiger partial charge on any atom is -0.337 e. The van der Waals surface area contributed by atoms with Crippen LogP contribution in [0.1, 0.15) is 29.0 Å². The number of aryl methyl sites for hydroxylation is 1. The lowest BCUT2D eigenvalue weighted by atomic mass is 9.96. The van der Waals surface area contributed by atoms with Gasteiger partial charge in [0.2, 0.25) is 0 Å². The SMILES string of the molecule is Cc1nc2cc(C(=O)N3C[C@@H]4CC[C@H](C3)N(C)C4)ccc2n1-c1ccccc1. The second-order valence-corrected chi connectivity index (χ2v) is 8.28. The van der Waals surface area contributed by atoms with Crippen LogP contribution in [0.15, 0.2) is 48.5 Å². The van der Waals surface area contributed by atoms with Gasteiger partial charge in [-0.3, -0.25) is 9.36 Å². The molecule has 2 atom stereocenters. The quantitative estimate of drug-likeness (QED) is 0.689. The number of piperidine rings is 1. The number of rotatable bonds is 2. The zero-order valence-electron chi connectivity index (χ0n) is 16.5. The van der Waals surface area contributed by atoms with Gasteiger partial charge in [-0.1, -0.05) is 18.2 Å². The molecule has 5 nitrogen and oxygen atoms in total. The first-order chi connectivity index (χ1) is 13.6. The average molecular weight is 374 g/mol. The molecule has 3 aliphatic heterocycles. The van der Waals surface area contributed by atoms with Gasteiger partial charge < -0.3 is 9.80 Å². The smallest absolute Gasteiger partial charge is 0.253 e. The van der Waals surface area contributed by atoms with Crippen LogP contribution in [-0.4, -0.2) is 58.0 Å². The van der Waals surface area contributed by atoms with Crippen LogP contribution in [-0.2, 0) is 0 Å². The standard InChI is InChI=1S/C23H26N4O/c1-16-24-21-12-18(9-11-22(21)27(16)19-6-4-3-5-7-19)23(28)26-14-17-8-10-20(15-26)25(2)13-17/h3-7,9,11-12,17,20H,8,10,13-15H2,1-2H3/t17-,20-/m1/s1. The molecule has 3 aliphatic rings. The lowest BCUT2D eigenvalue weighted by molar-refractivity contribution is 0.0742. The van der Waals surface area contributed by atoms with E-state index in [1.165, 1.54) is 12.8 Å². The predicted molar refractivity (Wildman–Crippen MR) is 111 cm³/mol. The summed E-state index contributed by atoms with van der Waals surface area (Å²) in [5.74, 6) is 1.66. The van der Waals surface area contributed by atoms with Crippen molar-refractivity contribution >= 4 is 16.9 Å². The number of hydrogen-bond acceptors (Lipinski definition) is 3. The number of para-hydroxylation sites is 1. The highest BCUT2D eigenvalue weighted by molar-refractivity contribution is 5.97. The van der Waals surface area contributed by atoms with E-state index in [0.29, 0.717) is 12.0 Å². The van der Waals surface area contributed by atoms with Crippen LogP contribution < -0.4 is 0 Å². The van der Waals surface area contributed by atoms with Crippen LogP contribution >= 0.6 is 0 Å². The van der Waals surface area contributed by atoms with Gasteiger partial charge in [-0.05, 0) is 63.1 Å². The molecule has 0 N–H and O–H groups in total. The molecule has 6 rings (SSSR count). The molecular formula is C23H26N4O. The van der Waals surface area contributed by atoms with E-state index < -0.39 is 0 Å². The Morgan fingerprint density at radius 3 is 2.64 bits per heavy atom. The van der Waals surface area contributed by atoms with Crippen molar-refractivity contribution in [1.29, 1.82) is 0 Å². The van der Waals surface area contributed by atoms with Crippen molar-refractivity contribution in [1.82, 2.24) is 19.4 Å². The Morgan fingerprint density at radius 2 is 1.86 bits per heavy atom. The zero-order chi connectivity index (χ0) is 19.3. The van der Waals surface area contributed by atoms with Gasteiger partial charge in [0.1, 0.15) is 5.82 Å². The second-order valence-electron chi connectivity index (χ2n) is 8.28. The molecule has 2 bridgehead atoms. The molecule has 0 radical (unpaired) electrons. The van der Waals surface area contributed by atoms with Crippen LogP contribution in [0.25, 0.3) is 16.7 Å². The Hall–Kier alpha value is -2.66. The summed E-state index contributed by atoms with van der Waals surface area (Å²) in [4.78, 5) is 22.5. The van der Waals surface area contributed by atoms with Crippen molar-refractivity contribution < 1.29 is 4.79 Å². The number of amides is 1. The topological polar surface area (TPSA) is 41.4 Å². The number of imidazole rings is 1. The maximum atomic E-state index is 13.3. The number of aromatic nitrogens is 2. The fourth-order valence-corrected chi connectivity index (χ4v) is 4.90. The van der Waals surface area contributed by atoms with E-state index in [-0.39, 0.29) is 5.91 Å². The summed E-state index contributed by atoms with van der Waals surface area (Å²) in [5.41, 5.74) is 3.75. The van der Waals surface area contributed by atoms with Gasteiger partial charge in [-0.25, -0.2) is 4.98 Å². The molecule has 5 heteroatoms. The average Bonchev–Trinajstić information content (AvgIpc) is 2.83. The minimum atomic E-state index is 0.140. The number of likely N-dealkylation sites (N-methyl/N-ethyl adjacent to an activating group) is 1. The number of carbonyl (C=O) groups is 1. The molecule has 1 aromatic heterocycles. The number of benzene rings is 2. The Bertz CT molecular complexity index is 1030. The molecule has 3 fully saturated rings. The molecule has 0 spiro atoms. The zero-order valence-corrected chi connectivity index (χ0v) is 16.5. The van der Waals surface area contributed by atoms with Crippen LogP contribution in [0.3, 0.4) is 0 Å². The van der Waals surface area contributed by atoms with E-state index in [1.54, 1.807) is 0 Å². The highest BCUT2D eigenvalue weighted by Crippen LogP contribution is 2.28. The van der Waals surface area contributed by atoms with Crippen LogP contribution in [0.4, 0.5) is 0 Å². The van der Waals surface area contributed by atoms with Crippen molar-refractivity contribution in [2.45, 2.75) is 25.8 Å². The number of fused-ring (bicyclic) bond motifs is 5. The van der Waals surface area contributed by atoms with Gasteiger partial charge in [-0.15, -0.1) is 0 Å². The van der Waals surface area contributed by atoms with E-state index in [4.69, 9.17) is 4.98 Å². The molecule has 1 amide bonds. The number of hydrogen-bond donors (Lipinski definition) is 0. The van der Waals surface area contributed by atoms with Gasteiger partial charge in [-0.2, -0.15) is 0 Å². The molecule has 3 aromatic rings. The summed E-state index contributed by atoms with van der Waals surface area (Å²) in [6, 6.07) is 16.7. The van der Waals surface area contributed by atoms with Crippen molar-refractivity contribution in [2.24, 2.45) is 5.92 Å². The van der Waals surface area contributed by atoms with Crippen LogP contribution in [0.2, 0.25) is 0 Å². The van der Waals surface area contributed by atoms with E-state index >= 15 is 0 Å². The second kappa shape index (κ2) is 6.74. The van der Waals surface area contributed by atoms with Gasteiger partial charge in [0, 0.05) is 36.9 Å². The monoisotopic (exact) mass is 374 g/mol. The summed E-state index contributed by atoms with van der Waals surface area (Å²) >= 11 is 0. The number of nitrogens with zero attached hydrogens (tertiary/aromatic N) is 4. The first kappa shape index (κ1) is 17.4. The molecule has 4 heterocycles. The largest absolute Gasteiger partial charge is 0.337 e. The number of carbonyl (C=O) groups excluding carboxylic acids is 1. The van der Waals surface area contributed by atoms with Gasteiger partial charge in [0.05, 0.1) is 11.0 Å². The summed E-state index contributed by atoms with van der Waals surface area (Å²) in [5, 5.41) is 0. The fourth-order valence-electron chi connectivity index (χ4n) is 4.90. The fraction of sp³-hybridized carbons (Fsp3) is 0.391. The van der Waals surface area contributed by atoms with Crippen LogP contribution in [0, 0.1) is 12.8 Å². The molecule has 28 heavy (non-hydrogen) atoms. The van der Waals surface area contributed by atoms with Crippen LogP contribution in [0.5, 0.6) is 0 Å². The third-order valence-electron chi connectivity index (χ3n) is 6.36. The normalized spacial score (nSPS) is 22.6. The summed E-state index contributed by atoms with van der Waals surface area (Å²) in [6.07, 6.45) is 2.43. The Morgan fingerprint density at radius 1 is 1.04 bits per heavy atom.